The number of carboxylic acid groups (broad SMARTS) is 1. The van der Waals surface area contributed by atoms with Crippen molar-refractivity contribution < 1.29 is 9.90 Å². The Hall–Kier alpha value is -2.35. The summed E-state index contributed by atoms with van der Waals surface area (Å²) in [5.41, 5.74) is 3.93. The summed E-state index contributed by atoms with van der Waals surface area (Å²) in [5, 5.41) is 15.5. The molecule has 0 saturated carbocycles. The molecule has 0 spiro atoms. The van der Waals surface area contributed by atoms with E-state index in [0.717, 1.165) is 80.3 Å². The Labute approximate surface area is 176 Å². The maximum Gasteiger partial charge on any atom is 0.407 e. The van der Waals surface area contributed by atoms with E-state index in [2.05, 4.69) is 16.8 Å². The molecule has 2 N–H and O–H groups in total. The number of hydrogen-bond acceptors (Lipinski definition) is 4. The van der Waals surface area contributed by atoms with Gasteiger partial charge in [-0.3, -0.25) is 9.69 Å². The van der Waals surface area contributed by atoms with Crippen LogP contribution < -0.4 is 5.56 Å². The van der Waals surface area contributed by atoms with E-state index in [-0.39, 0.29) is 11.6 Å². The molecule has 1 amide bonds. The second kappa shape index (κ2) is 8.79. The second-order valence-electron chi connectivity index (χ2n) is 8.51. The van der Waals surface area contributed by atoms with Crippen LogP contribution in [0.5, 0.6) is 0 Å². The van der Waals surface area contributed by atoms with Crippen molar-refractivity contribution in [3.8, 4) is 0 Å². The van der Waals surface area contributed by atoms with Gasteiger partial charge in [0.05, 0.1) is 18.3 Å². The van der Waals surface area contributed by atoms with Crippen LogP contribution in [-0.4, -0.2) is 61.9 Å². The Bertz CT molecular complexity index is 979. The van der Waals surface area contributed by atoms with Crippen molar-refractivity contribution in [1.82, 2.24) is 24.6 Å². The minimum absolute atomic E-state index is 0.00711. The number of amides is 1. The fourth-order valence-electron chi connectivity index (χ4n) is 5.21. The molecular weight excluding hydrogens is 382 g/mol. The molecule has 8 nitrogen and oxygen atoms in total. The van der Waals surface area contributed by atoms with Gasteiger partial charge in [0.2, 0.25) is 0 Å². The molecule has 0 unspecified atom stereocenters. The van der Waals surface area contributed by atoms with E-state index in [9.17, 15) is 14.7 Å². The summed E-state index contributed by atoms with van der Waals surface area (Å²) in [4.78, 5) is 31.2. The van der Waals surface area contributed by atoms with E-state index in [4.69, 9.17) is 5.10 Å². The van der Waals surface area contributed by atoms with Crippen LogP contribution in [0.25, 0.3) is 11.0 Å². The number of H-pyrrole nitrogens is 1. The molecule has 4 rings (SSSR count). The Morgan fingerprint density at radius 3 is 2.67 bits per heavy atom. The Balaban J connectivity index is 1.81. The Kier molecular flexibility index (Phi) is 6.13. The molecule has 30 heavy (non-hydrogen) atoms. The van der Waals surface area contributed by atoms with Gasteiger partial charge < -0.3 is 15.0 Å². The monoisotopic (exact) mass is 415 g/mol. The van der Waals surface area contributed by atoms with E-state index >= 15 is 0 Å². The van der Waals surface area contributed by atoms with Crippen molar-refractivity contribution in [2.75, 3.05) is 26.2 Å². The Morgan fingerprint density at radius 1 is 1.20 bits per heavy atom. The summed E-state index contributed by atoms with van der Waals surface area (Å²) in [6.45, 7) is 7.39. The lowest BCUT2D eigenvalue weighted by molar-refractivity contribution is 0.145. The first kappa shape index (κ1) is 20.9. The van der Waals surface area contributed by atoms with Gasteiger partial charge >= 0.3 is 6.09 Å². The zero-order valence-electron chi connectivity index (χ0n) is 18.1. The van der Waals surface area contributed by atoms with Crippen molar-refractivity contribution >= 4 is 17.1 Å². The summed E-state index contributed by atoms with van der Waals surface area (Å²) in [6.07, 6.45) is 6.33. The van der Waals surface area contributed by atoms with Crippen molar-refractivity contribution in [1.29, 1.82) is 0 Å². The maximum absolute atomic E-state index is 12.8. The lowest BCUT2D eigenvalue weighted by Crippen LogP contribution is -2.32. The number of nitrogens with zero attached hydrogens (tertiary/aromatic N) is 4. The number of aryl methyl sites for hydroxylation is 1. The van der Waals surface area contributed by atoms with Crippen molar-refractivity contribution in [3.05, 3.63) is 27.2 Å². The van der Waals surface area contributed by atoms with E-state index < -0.39 is 6.09 Å². The molecule has 0 radical (unpaired) electrons. The van der Waals surface area contributed by atoms with E-state index in [1.54, 1.807) is 0 Å². The van der Waals surface area contributed by atoms with Gasteiger partial charge in [-0.2, -0.15) is 5.10 Å². The third-order valence-electron chi connectivity index (χ3n) is 6.68. The predicted octanol–water partition coefficient (Wildman–Crippen LogP) is 3.15. The van der Waals surface area contributed by atoms with Crippen LogP contribution in [0.3, 0.4) is 0 Å². The van der Waals surface area contributed by atoms with Gasteiger partial charge in [-0.1, -0.05) is 6.92 Å². The first-order chi connectivity index (χ1) is 14.5. The minimum atomic E-state index is -0.926. The molecule has 1 fully saturated rings. The topological polar surface area (TPSA) is 94.5 Å². The molecule has 0 bridgehead atoms. The van der Waals surface area contributed by atoms with Gasteiger partial charge in [0, 0.05) is 24.0 Å². The number of nitrogens with one attached hydrogen (secondary N) is 1. The Morgan fingerprint density at radius 2 is 1.97 bits per heavy atom. The fourth-order valence-corrected chi connectivity index (χ4v) is 5.21. The van der Waals surface area contributed by atoms with E-state index in [1.807, 2.05) is 11.6 Å². The first-order valence-electron chi connectivity index (χ1n) is 11.4. The lowest BCUT2D eigenvalue weighted by Gasteiger charge is -2.23. The number of aromatic amines is 1. The number of carbonyl (C=O) groups is 1. The molecule has 0 aromatic carbocycles. The van der Waals surface area contributed by atoms with Gasteiger partial charge in [-0.25, -0.2) is 9.48 Å². The van der Waals surface area contributed by atoms with Gasteiger partial charge in [0.1, 0.15) is 5.65 Å². The quantitative estimate of drug-likeness (QED) is 0.724. The summed E-state index contributed by atoms with van der Waals surface area (Å²) in [7, 11) is 0. The standard InChI is InChI=1S/C22H33N5O3/c1-3-11-26-12-7-10-17(26)19-18-15-8-5-6-9-16(15)21(28)23-20(18)27(24-19)14-13-25(4-2)22(29)30/h17H,3-14H2,1-2H3,(H,23,28)(H,29,30)/t17-/m1/s1. The zero-order valence-corrected chi connectivity index (χ0v) is 18.1. The molecule has 2 aromatic heterocycles. The number of fused-ring (bicyclic) bond motifs is 3. The summed E-state index contributed by atoms with van der Waals surface area (Å²) >= 11 is 0. The van der Waals surface area contributed by atoms with E-state index in [1.165, 1.54) is 10.5 Å². The van der Waals surface area contributed by atoms with Crippen LogP contribution in [0.15, 0.2) is 4.79 Å². The van der Waals surface area contributed by atoms with Gasteiger partial charge in [-0.05, 0) is 70.5 Å². The zero-order chi connectivity index (χ0) is 21.3. The van der Waals surface area contributed by atoms with Gasteiger partial charge in [0.25, 0.3) is 5.56 Å². The van der Waals surface area contributed by atoms with E-state index in [0.29, 0.717) is 19.6 Å². The van der Waals surface area contributed by atoms with Crippen LogP contribution in [0, 0.1) is 0 Å². The number of rotatable bonds is 7. The molecule has 1 aliphatic carbocycles. The summed E-state index contributed by atoms with van der Waals surface area (Å²) in [5.74, 6) is 0. The molecule has 1 saturated heterocycles. The molecule has 2 aromatic rings. The molecular formula is C22H33N5O3. The second-order valence-corrected chi connectivity index (χ2v) is 8.51. The maximum atomic E-state index is 12.8. The summed E-state index contributed by atoms with van der Waals surface area (Å²) in [6, 6.07) is 0.271. The van der Waals surface area contributed by atoms with Crippen LogP contribution in [0.4, 0.5) is 4.79 Å². The van der Waals surface area contributed by atoms with Crippen LogP contribution in [0.2, 0.25) is 0 Å². The van der Waals surface area contributed by atoms with Crippen LogP contribution in [-0.2, 0) is 19.4 Å². The highest BCUT2D eigenvalue weighted by molar-refractivity contribution is 5.84. The average Bonchev–Trinajstić information content (AvgIpc) is 3.33. The van der Waals surface area contributed by atoms with Gasteiger partial charge in [-0.15, -0.1) is 0 Å². The molecule has 2 aliphatic rings. The third kappa shape index (κ3) is 3.73. The van der Waals surface area contributed by atoms with Gasteiger partial charge in [0.15, 0.2) is 0 Å². The SMILES string of the molecule is CCCN1CCC[C@@H]1c1nn(CCN(CC)C(=O)O)c2[nH]c(=O)c3c(c12)CCCC3. The smallest absolute Gasteiger partial charge is 0.407 e. The van der Waals surface area contributed by atoms with Crippen molar-refractivity contribution in [2.24, 2.45) is 0 Å². The number of hydrogen-bond donors (Lipinski definition) is 2. The molecule has 164 valence electrons. The summed E-state index contributed by atoms with van der Waals surface area (Å²) < 4.78 is 1.84. The normalized spacial score (nSPS) is 19.3. The molecule has 1 aliphatic heterocycles. The largest absolute Gasteiger partial charge is 0.465 e. The molecule has 1 atom stereocenters. The highest BCUT2D eigenvalue weighted by atomic mass is 16.4. The molecule has 3 heterocycles. The average molecular weight is 416 g/mol. The van der Waals surface area contributed by atoms with Crippen molar-refractivity contribution in [2.45, 2.75) is 71.4 Å². The highest BCUT2D eigenvalue weighted by Crippen LogP contribution is 2.38. The first-order valence-corrected chi connectivity index (χ1v) is 11.4. The highest BCUT2D eigenvalue weighted by Gasteiger charge is 2.32. The fraction of sp³-hybridized carbons (Fsp3) is 0.682. The number of aromatic nitrogens is 3. The lowest BCUT2D eigenvalue weighted by atomic mass is 9.89. The molecule has 8 heteroatoms. The predicted molar refractivity (Wildman–Crippen MR) is 116 cm³/mol. The third-order valence-corrected chi connectivity index (χ3v) is 6.68. The van der Waals surface area contributed by atoms with Crippen LogP contribution in [0.1, 0.15) is 68.8 Å². The van der Waals surface area contributed by atoms with Crippen molar-refractivity contribution in [3.63, 3.8) is 0 Å². The minimum Gasteiger partial charge on any atom is -0.465 e. The van der Waals surface area contributed by atoms with Crippen LogP contribution >= 0.6 is 0 Å². The number of likely N-dealkylation sites (tertiary alicyclic amines) is 1. The number of likely N-dealkylation sites (N-methyl/N-ethyl adjacent to an activating group) is 1. The number of pyridine rings is 1.